The van der Waals surface area contributed by atoms with Crippen LogP contribution in [0.15, 0.2) is 159 Å². The van der Waals surface area contributed by atoms with Crippen molar-refractivity contribution < 1.29 is 0 Å². The molecule has 0 radical (unpaired) electrons. The topological polar surface area (TPSA) is 0 Å². The Morgan fingerprint density at radius 2 is 0.414 bits per heavy atom. The molecule has 14 rings (SSSR count). The van der Waals surface area contributed by atoms with Gasteiger partial charge < -0.3 is 0 Å². The zero-order valence-corrected chi connectivity index (χ0v) is 51.4. The smallest absolute Gasteiger partial charge is 0.0716 e. The predicted molar refractivity (Wildman–Crippen MR) is 351 cm³/mol. The summed E-state index contributed by atoms with van der Waals surface area (Å²) >= 11 is 38.1. The third-order valence-electron chi connectivity index (χ3n) is 10.2. The van der Waals surface area contributed by atoms with Gasteiger partial charge in [0, 0.05) is 68.3 Å². The van der Waals surface area contributed by atoms with Crippen molar-refractivity contribution in [1.82, 2.24) is 0 Å². The van der Waals surface area contributed by atoms with Gasteiger partial charge in [-0.3, -0.25) is 0 Å². The molecule has 0 fully saturated rings. The summed E-state index contributed by atoms with van der Waals surface area (Å²) in [6.07, 6.45) is 14.2. The first-order valence-electron chi connectivity index (χ1n) is 20.8. The molecule has 6 aliphatic heterocycles. The Hall–Kier alpha value is -0.540. The molecule has 0 aromatic carbocycles. The summed E-state index contributed by atoms with van der Waals surface area (Å²) in [5, 5.41) is 4.30. The van der Waals surface area contributed by atoms with E-state index < -0.39 is 0 Å². The maximum absolute atomic E-state index is 2.38. The van der Waals surface area contributed by atoms with Crippen LogP contribution in [-0.4, -0.2) is 0 Å². The van der Waals surface area contributed by atoms with Gasteiger partial charge in [-0.1, -0.05) is 153 Å². The van der Waals surface area contributed by atoms with Crippen LogP contribution in [0.3, 0.4) is 0 Å². The Balaban J connectivity index is 0.548. The fourth-order valence-electron chi connectivity index (χ4n) is 7.11. The lowest BCUT2D eigenvalue weighted by molar-refractivity contribution is 1.90. The lowest BCUT2D eigenvalue weighted by Crippen LogP contribution is -1.67. The van der Waals surface area contributed by atoms with Crippen LogP contribution in [-0.2, 0) is 0 Å². The van der Waals surface area contributed by atoms with Gasteiger partial charge in [0.2, 0.25) is 0 Å². The van der Waals surface area contributed by atoms with E-state index in [1.807, 2.05) is 232 Å². The summed E-state index contributed by atoms with van der Waals surface area (Å²) in [6.45, 7) is 0. The summed E-state index contributed by atoms with van der Waals surface area (Å²) in [4.78, 5) is 18.7. The SMILES string of the molecule is C(=C1SC2=C(S1)SC(=Cc1ccc(-c3ccc(C=C4SC5=C(S4)SC(=Cc4ccc(-c6ccc(C=C7SC8=C(SC(=Cc9ccc(-c%10cccs%10)s9)S8)S7)s6)s4)S5)s3)s1)S2)c1ccc(-c2cccs2)s1. The molecular formula is C50H24S20. The van der Waals surface area contributed by atoms with E-state index in [1.165, 1.54) is 119 Å². The second-order valence-corrected chi connectivity index (χ2v) is 39.2. The lowest BCUT2D eigenvalue weighted by Gasteiger charge is -2.01. The van der Waals surface area contributed by atoms with E-state index in [0.717, 1.165) is 0 Å². The Labute approximate surface area is 488 Å². The highest BCUT2D eigenvalue weighted by atomic mass is 32.3. The number of thiophene rings is 8. The first kappa shape index (κ1) is 47.9. The Kier molecular flexibility index (Phi) is 14.4. The van der Waals surface area contributed by atoms with Crippen molar-refractivity contribution in [3.8, 4) is 39.0 Å². The highest BCUT2D eigenvalue weighted by Gasteiger charge is 2.33. The summed E-state index contributed by atoms with van der Waals surface area (Å²) in [7, 11) is 0. The molecule has 8 aromatic rings. The van der Waals surface area contributed by atoms with E-state index >= 15 is 0 Å². The van der Waals surface area contributed by atoms with E-state index in [9.17, 15) is 0 Å². The average Bonchev–Trinajstić information content (AvgIpc) is 4.16. The molecule has 0 saturated heterocycles. The van der Waals surface area contributed by atoms with Crippen LogP contribution in [0, 0.1) is 0 Å². The second kappa shape index (κ2) is 21.1. The Morgan fingerprint density at radius 1 is 0.214 bits per heavy atom. The molecule has 344 valence electrons. The zero-order chi connectivity index (χ0) is 46.1. The number of hydrogen-bond acceptors (Lipinski definition) is 20. The lowest BCUT2D eigenvalue weighted by atomic mass is 10.3. The molecule has 0 amide bonds. The molecule has 0 aliphatic carbocycles. The normalized spacial score (nSPS) is 17.5. The molecule has 0 spiro atoms. The molecule has 20 heteroatoms. The number of hydrogen-bond donors (Lipinski definition) is 0. The van der Waals surface area contributed by atoms with Gasteiger partial charge in [-0.15, -0.1) is 90.7 Å². The second-order valence-electron chi connectivity index (χ2n) is 14.9. The van der Waals surface area contributed by atoms with Crippen LogP contribution in [0.2, 0.25) is 0 Å². The van der Waals surface area contributed by atoms with Crippen LogP contribution in [0.1, 0.15) is 29.3 Å². The van der Waals surface area contributed by atoms with Crippen molar-refractivity contribution in [1.29, 1.82) is 0 Å². The third-order valence-corrected chi connectivity index (χ3v) is 34.9. The summed E-state index contributed by atoms with van der Waals surface area (Å²) in [5.74, 6) is 0. The van der Waals surface area contributed by atoms with Crippen molar-refractivity contribution in [3.63, 3.8) is 0 Å². The molecule has 6 aliphatic rings. The fourth-order valence-corrected chi connectivity index (χ4v) is 34.1. The molecular weight excluding hydrogens is 1240 g/mol. The molecule has 0 atom stereocenters. The minimum atomic E-state index is 1.31. The van der Waals surface area contributed by atoms with Crippen LogP contribution in [0.25, 0.3) is 75.5 Å². The Morgan fingerprint density at radius 3 is 0.600 bits per heavy atom. The van der Waals surface area contributed by atoms with Gasteiger partial charge in [-0.05, 0) is 132 Å². The highest BCUT2D eigenvalue weighted by molar-refractivity contribution is 8.50. The van der Waals surface area contributed by atoms with Crippen molar-refractivity contribution in [2.24, 2.45) is 0 Å². The molecule has 8 aromatic heterocycles. The quantitative estimate of drug-likeness (QED) is 0.128. The molecule has 0 bridgehead atoms. The van der Waals surface area contributed by atoms with Crippen molar-refractivity contribution in [3.05, 3.63) is 188 Å². The third kappa shape index (κ3) is 10.6. The molecule has 0 unspecified atom stereocenters. The van der Waals surface area contributed by atoms with Crippen LogP contribution < -0.4 is 0 Å². The number of rotatable bonds is 10. The summed E-state index contributed by atoms with van der Waals surface area (Å²) in [5.41, 5.74) is 0. The van der Waals surface area contributed by atoms with Gasteiger partial charge in [0.05, 0.1) is 50.8 Å². The van der Waals surface area contributed by atoms with E-state index in [4.69, 9.17) is 0 Å². The van der Waals surface area contributed by atoms with Crippen molar-refractivity contribution in [2.75, 3.05) is 0 Å². The maximum Gasteiger partial charge on any atom is 0.0716 e. The maximum atomic E-state index is 2.38. The Bertz CT molecular complexity index is 3360. The van der Waals surface area contributed by atoms with E-state index in [2.05, 4.69) is 144 Å². The predicted octanol–water partition coefficient (Wildman–Crippen LogP) is 25.0. The van der Waals surface area contributed by atoms with E-state index in [1.54, 1.807) is 0 Å². The standard InChI is InChI=1S/C50H24S20/c1-3-31(51-17-1)33-11-5-25(53-33)19-39-59-45-46(60-39)64-41(63-45)21-27-7-13-35(55-27)37-15-9-29(57-37)23-43-67-49-50(68-43)70-44(69-49)24-30-10-16-38(58-30)36-14-8-28(56-36)22-42-65-47-48(66-42)62-40(61-47)20-26-6-12-34(54-26)32-4-2-18-52-32/h1-24H. The van der Waals surface area contributed by atoms with E-state index in [0.29, 0.717) is 0 Å². The minimum Gasteiger partial charge on any atom is -0.143 e. The van der Waals surface area contributed by atoms with E-state index in [-0.39, 0.29) is 0 Å². The average molecular weight is 1270 g/mol. The van der Waals surface area contributed by atoms with Gasteiger partial charge in [-0.2, -0.15) is 0 Å². The molecule has 14 heterocycles. The summed E-state index contributed by atoms with van der Waals surface area (Å²) in [6, 6.07) is 36.0. The fraction of sp³-hybridized carbons (Fsp3) is 0. The van der Waals surface area contributed by atoms with Crippen molar-refractivity contribution >= 4 is 268 Å². The summed E-state index contributed by atoms with van der Waals surface area (Å²) < 4.78 is 16.8. The van der Waals surface area contributed by atoms with Gasteiger partial charge >= 0.3 is 0 Å². The van der Waals surface area contributed by atoms with Gasteiger partial charge in [0.1, 0.15) is 0 Å². The monoisotopic (exact) mass is 1260 g/mol. The van der Waals surface area contributed by atoms with Gasteiger partial charge in [0.15, 0.2) is 0 Å². The molecule has 0 saturated carbocycles. The van der Waals surface area contributed by atoms with Gasteiger partial charge in [-0.25, -0.2) is 0 Å². The first-order chi connectivity index (χ1) is 34.5. The van der Waals surface area contributed by atoms with Gasteiger partial charge in [0.25, 0.3) is 0 Å². The largest absolute Gasteiger partial charge is 0.143 e. The zero-order valence-electron chi connectivity index (χ0n) is 35.0. The minimum absolute atomic E-state index is 1.31. The van der Waals surface area contributed by atoms with Crippen LogP contribution in [0.5, 0.6) is 0 Å². The molecule has 0 N–H and O–H groups in total. The number of thioether (sulfide) groups is 12. The highest BCUT2D eigenvalue weighted by Crippen LogP contribution is 2.69. The molecule has 0 nitrogen and oxygen atoms in total. The van der Waals surface area contributed by atoms with Crippen molar-refractivity contribution in [2.45, 2.75) is 0 Å². The first-order valence-corrected chi connectivity index (χ1v) is 37.3. The van der Waals surface area contributed by atoms with Crippen LogP contribution in [0.4, 0.5) is 0 Å². The van der Waals surface area contributed by atoms with Crippen LogP contribution >= 0.6 is 232 Å². The molecule has 70 heavy (non-hydrogen) atoms.